The van der Waals surface area contributed by atoms with E-state index in [-0.39, 0.29) is 34.9 Å². The highest BCUT2D eigenvalue weighted by Crippen LogP contribution is 2.31. The highest BCUT2D eigenvalue weighted by Gasteiger charge is 2.33. The number of phenols is 1. The maximum Gasteiger partial charge on any atom is 0.340 e. The van der Waals surface area contributed by atoms with Gasteiger partial charge >= 0.3 is 5.97 Å². The molecule has 0 aliphatic rings. The van der Waals surface area contributed by atoms with Crippen LogP contribution in [0.2, 0.25) is 0 Å². The molecule has 8 heteroatoms. The van der Waals surface area contributed by atoms with E-state index in [1.807, 2.05) is 53.7 Å². The molecule has 3 unspecified atom stereocenters. The van der Waals surface area contributed by atoms with Gasteiger partial charge in [-0.05, 0) is 81.7 Å². The van der Waals surface area contributed by atoms with E-state index < -0.39 is 23.7 Å². The number of likely N-dealkylation sites (N-methyl/N-ethyl adjacent to an activating group) is 1. The number of aromatic hydroxyl groups is 1. The minimum atomic E-state index is -0.706. The second-order valence-corrected chi connectivity index (χ2v) is 13.3. The molecule has 2 aromatic carbocycles. The molecule has 0 fully saturated rings. The summed E-state index contributed by atoms with van der Waals surface area (Å²) in [7, 11) is 1.63. The van der Waals surface area contributed by atoms with Crippen molar-refractivity contribution in [1.29, 1.82) is 0 Å². The van der Waals surface area contributed by atoms with Gasteiger partial charge in [0.25, 0.3) is 0 Å². The van der Waals surface area contributed by atoms with E-state index in [2.05, 4.69) is 10.6 Å². The first-order valence-corrected chi connectivity index (χ1v) is 14.3. The summed E-state index contributed by atoms with van der Waals surface area (Å²) in [5.41, 5.74) is 1.81. The molecule has 3 N–H and O–H groups in total. The Balaban J connectivity index is 2.14. The highest BCUT2D eigenvalue weighted by molar-refractivity contribution is 5.97. The van der Waals surface area contributed by atoms with Gasteiger partial charge in [-0.2, -0.15) is 0 Å². The molecule has 226 valence electrons. The van der Waals surface area contributed by atoms with Gasteiger partial charge in [0.15, 0.2) is 0 Å². The van der Waals surface area contributed by atoms with Crippen LogP contribution in [-0.4, -0.2) is 58.6 Å². The summed E-state index contributed by atoms with van der Waals surface area (Å²) < 4.78 is 5.52. The van der Waals surface area contributed by atoms with Crippen LogP contribution in [0.1, 0.15) is 90.7 Å². The third-order valence-corrected chi connectivity index (χ3v) is 6.75. The third-order valence-electron chi connectivity index (χ3n) is 6.75. The van der Waals surface area contributed by atoms with E-state index >= 15 is 0 Å². The first-order chi connectivity index (χ1) is 18.8. The van der Waals surface area contributed by atoms with Crippen molar-refractivity contribution in [2.24, 2.45) is 5.92 Å². The van der Waals surface area contributed by atoms with Gasteiger partial charge in [0, 0.05) is 18.8 Å². The fraction of sp³-hybridized carbons (Fsp3) is 0.545. The maximum absolute atomic E-state index is 13.5. The monoisotopic (exact) mass is 567 g/mol. The molecule has 0 aromatic heterocycles. The summed E-state index contributed by atoms with van der Waals surface area (Å²) in [5.74, 6) is -0.878. The Morgan fingerprint density at radius 3 is 2.12 bits per heavy atom. The van der Waals surface area contributed by atoms with Crippen LogP contribution in [0.4, 0.5) is 5.69 Å². The number of nitrogens with zero attached hydrogens (tertiary/aromatic N) is 1. The number of anilines is 1. The van der Waals surface area contributed by atoms with Crippen LogP contribution < -0.4 is 10.6 Å². The molecule has 0 spiro atoms. The number of nitrogens with one attached hydrogen (secondary N) is 2. The summed E-state index contributed by atoms with van der Waals surface area (Å²) in [5, 5.41) is 16.5. The molecule has 0 bridgehead atoms. The van der Waals surface area contributed by atoms with Crippen molar-refractivity contribution in [3.63, 3.8) is 0 Å². The molecule has 8 nitrogen and oxygen atoms in total. The maximum atomic E-state index is 13.5. The molecule has 0 saturated heterocycles. The van der Waals surface area contributed by atoms with E-state index in [0.29, 0.717) is 17.7 Å². The number of ether oxygens (including phenoxy) is 1. The second kappa shape index (κ2) is 13.4. The van der Waals surface area contributed by atoms with Crippen molar-refractivity contribution in [3.8, 4) is 5.75 Å². The average Bonchev–Trinajstić information content (AvgIpc) is 2.82. The molecule has 0 radical (unpaired) electrons. The molecule has 3 atom stereocenters. The summed E-state index contributed by atoms with van der Waals surface area (Å²) in [6, 6.07) is 10.9. The summed E-state index contributed by atoms with van der Waals surface area (Å²) in [6.07, 6.45) is 0.580. The first kappa shape index (κ1) is 33.7. The lowest BCUT2D eigenvalue weighted by Gasteiger charge is -2.33. The standard InChI is InChI=1S/C33H49N3O5/c1-20(2)28(29(38)34-21(3)18-23-16-17-27(37)25(19-23)32(5,6)7)36(11)30(39)22(4)35-26-15-13-12-14-24(26)31(40)41-33(8,9)10/h12-17,19-22,28,35,37H,18H2,1-11H3,(H,34,38). The van der Waals surface area contributed by atoms with Crippen LogP contribution in [0, 0.1) is 5.92 Å². The second-order valence-electron chi connectivity index (χ2n) is 13.3. The predicted octanol–water partition coefficient (Wildman–Crippen LogP) is 5.68. The molecule has 0 aliphatic heterocycles. The van der Waals surface area contributed by atoms with Crippen molar-refractivity contribution in [1.82, 2.24) is 10.2 Å². The predicted molar refractivity (Wildman–Crippen MR) is 164 cm³/mol. The van der Waals surface area contributed by atoms with Crippen molar-refractivity contribution >= 4 is 23.5 Å². The van der Waals surface area contributed by atoms with Gasteiger partial charge in [-0.25, -0.2) is 4.79 Å². The lowest BCUT2D eigenvalue weighted by Crippen LogP contribution is -2.55. The Morgan fingerprint density at radius 2 is 1.56 bits per heavy atom. The highest BCUT2D eigenvalue weighted by atomic mass is 16.6. The molecular weight excluding hydrogens is 518 g/mol. The normalized spacial score (nSPS) is 14.1. The lowest BCUT2D eigenvalue weighted by molar-refractivity contribution is -0.141. The van der Waals surface area contributed by atoms with Crippen LogP contribution in [0.15, 0.2) is 42.5 Å². The number of para-hydroxylation sites is 1. The smallest absolute Gasteiger partial charge is 0.340 e. The van der Waals surface area contributed by atoms with Crippen LogP contribution in [0.3, 0.4) is 0 Å². The molecule has 2 rings (SSSR count). The van der Waals surface area contributed by atoms with Gasteiger partial charge in [0.2, 0.25) is 11.8 Å². The minimum absolute atomic E-state index is 0.140. The number of carbonyl (C=O) groups is 3. The topological polar surface area (TPSA) is 108 Å². The van der Waals surface area contributed by atoms with Crippen molar-refractivity contribution < 1.29 is 24.2 Å². The Labute approximate surface area is 245 Å². The van der Waals surface area contributed by atoms with Crippen LogP contribution in [0.25, 0.3) is 0 Å². The zero-order valence-corrected chi connectivity index (χ0v) is 26.6. The number of carbonyl (C=O) groups excluding carboxylic acids is 3. The van der Waals surface area contributed by atoms with E-state index in [9.17, 15) is 19.5 Å². The van der Waals surface area contributed by atoms with Crippen LogP contribution in [0.5, 0.6) is 5.75 Å². The van der Waals surface area contributed by atoms with Crippen molar-refractivity contribution in [2.75, 3.05) is 12.4 Å². The average molecular weight is 568 g/mol. The molecule has 0 saturated carbocycles. The molecule has 0 heterocycles. The number of benzene rings is 2. The fourth-order valence-corrected chi connectivity index (χ4v) is 4.83. The van der Waals surface area contributed by atoms with Gasteiger partial charge in [0.1, 0.15) is 23.4 Å². The summed E-state index contributed by atoms with van der Waals surface area (Å²) >= 11 is 0. The fourth-order valence-electron chi connectivity index (χ4n) is 4.83. The van der Waals surface area contributed by atoms with Crippen molar-refractivity contribution in [2.45, 2.75) is 105 Å². The molecular formula is C33H49N3O5. The Hall–Kier alpha value is -3.55. The van der Waals surface area contributed by atoms with Crippen LogP contribution >= 0.6 is 0 Å². The van der Waals surface area contributed by atoms with Gasteiger partial charge in [0.05, 0.1) is 5.56 Å². The summed E-state index contributed by atoms with van der Waals surface area (Å²) in [6.45, 7) is 19.0. The SMILES string of the molecule is CC(Cc1ccc(O)c(C(C)(C)C)c1)NC(=O)C(C(C)C)N(C)C(=O)C(C)Nc1ccccc1C(=O)OC(C)(C)C. The van der Waals surface area contributed by atoms with Gasteiger partial charge in [-0.1, -0.05) is 58.9 Å². The number of rotatable bonds is 10. The number of hydrogen-bond acceptors (Lipinski definition) is 6. The number of esters is 1. The largest absolute Gasteiger partial charge is 0.508 e. The molecule has 0 aliphatic carbocycles. The summed E-state index contributed by atoms with van der Waals surface area (Å²) in [4.78, 5) is 41.2. The zero-order chi connectivity index (χ0) is 31.3. The van der Waals surface area contributed by atoms with Gasteiger partial charge < -0.3 is 25.4 Å². The van der Waals surface area contributed by atoms with Crippen molar-refractivity contribution in [3.05, 3.63) is 59.2 Å². The van der Waals surface area contributed by atoms with Crippen LogP contribution in [-0.2, 0) is 26.2 Å². The quantitative estimate of drug-likeness (QED) is 0.319. The van der Waals surface area contributed by atoms with E-state index in [1.54, 1.807) is 65.1 Å². The Morgan fingerprint density at radius 1 is 0.951 bits per heavy atom. The molecule has 41 heavy (non-hydrogen) atoms. The van der Waals surface area contributed by atoms with Gasteiger partial charge in [-0.15, -0.1) is 0 Å². The third kappa shape index (κ3) is 9.51. The zero-order valence-electron chi connectivity index (χ0n) is 26.6. The van der Waals surface area contributed by atoms with E-state index in [0.717, 1.165) is 11.1 Å². The minimum Gasteiger partial charge on any atom is -0.508 e. The Bertz CT molecular complexity index is 1230. The number of hydrogen-bond donors (Lipinski definition) is 3. The Kier molecular flexibility index (Phi) is 11.0. The molecule has 2 amide bonds. The van der Waals surface area contributed by atoms with E-state index in [1.165, 1.54) is 4.90 Å². The number of amides is 2. The number of phenolic OH excluding ortho intramolecular Hbond substituents is 1. The lowest BCUT2D eigenvalue weighted by atomic mass is 9.85. The molecule has 2 aromatic rings. The van der Waals surface area contributed by atoms with Gasteiger partial charge in [-0.3, -0.25) is 9.59 Å². The first-order valence-electron chi connectivity index (χ1n) is 14.3. The van der Waals surface area contributed by atoms with E-state index in [4.69, 9.17) is 4.74 Å².